The Morgan fingerprint density at radius 3 is 2.21 bits per heavy atom. The van der Waals surface area contributed by atoms with Crippen LogP contribution in [0.15, 0.2) is 61.2 Å². The van der Waals surface area contributed by atoms with E-state index in [1.165, 1.54) is 16.7 Å². The lowest BCUT2D eigenvalue weighted by Gasteiger charge is -2.26. The Hall–Kier alpha value is -2.28. The highest BCUT2D eigenvalue weighted by Crippen LogP contribution is 2.31. The van der Waals surface area contributed by atoms with Crippen molar-refractivity contribution in [2.75, 3.05) is 6.61 Å². The van der Waals surface area contributed by atoms with Crippen molar-refractivity contribution in [1.29, 1.82) is 0 Å². The molecule has 0 fully saturated rings. The van der Waals surface area contributed by atoms with Crippen LogP contribution in [0.5, 0.6) is 5.75 Å². The molecule has 0 atom stereocenters. The lowest BCUT2D eigenvalue weighted by molar-refractivity contribution is 0.171. The number of benzene rings is 2. The molecule has 0 amide bonds. The van der Waals surface area contributed by atoms with Crippen LogP contribution >= 0.6 is 0 Å². The molecule has 0 spiro atoms. The third kappa shape index (κ3) is 6.41. The number of rotatable bonds is 8. The van der Waals surface area contributed by atoms with Crippen molar-refractivity contribution in [2.45, 2.75) is 59.8 Å². The van der Waals surface area contributed by atoms with Crippen LogP contribution in [0.4, 0.5) is 0 Å². The molecule has 28 heavy (non-hydrogen) atoms. The van der Waals surface area contributed by atoms with E-state index in [-0.39, 0.29) is 10.8 Å². The Kier molecular flexibility index (Phi) is 7.29. The Morgan fingerprint density at radius 2 is 1.61 bits per heavy atom. The van der Waals surface area contributed by atoms with E-state index in [4.69, 9.17) is 4.74 Å². The number of allylic oxidation sites excluding steroid dienone is 2. The molecule has 0 aromatic heterocycles. The third-order valence-corrected chi connectivity index (χ3v) is 5.15. The van der Waals surface area contributed by atoms with Crippen molar-refractivity contribution in [3.63, 3.8) is 0 Å². The molecule has 1 nitrogen and oxygen atoms in total. The quantitative estimate of drug-likeness (QED) is 0.454. The van der Waals surface area contributed by atoms with Gasteiger partial charge in [0.1, 0.15) is 5.75 Å². The monoisotopic (exact) mass is 376 g/mol. The molecule has 0 saturated heterocycles. The van der Waals surface area contributed by atoms with E-state index in [2.05, 4.69) is 77.6 Å². The van der Waals surface area contributed by atoms with Gasteiger partial charge in [-0.3, -0.25) is 0 Å². The van der Waals surface area contributed by atoms with Crippen LogP contribution in [0, 0.1) is 5.41 Å². The lowest BCUT2D eigenvalue weighted by atomic mass is 9.84. The summed E-state index contributed by atoms with van der Waals surface area (Å²) in [7, 11) is 0. The molecule has 0 aliphatic heterocycles. The molecule has 0 bridgehead atoms. The lowest BCUT2D eigenvalue weighted by Crippen LogP contribution is -2.21. The van der Waals surface area contributed by atoms with Gasteiger partial charge >= 0.3 is 0 Å². The molecule has 2 rings (SSSR count). The summed E-state index contributed by atoms with van der Waals surface area (Å²) in [4.78, 5) is 0. The van der Waals surface area contributed by atoms with Crippen LogP contribution in [0.25, 0.3) is 11.6 Å². The summed E-state index contributed by atoms with van der Waals surface area (Å²) in [5, 5.41) is 0. The predicted molar refractivity (Wildman–Crippen MR) is 124 cm³/mol. The van der Waals surface area contributed by atoms with Gasteiger partial charge in [0.25, 0.3) is 0 Å². The Balaban J connectivity index is 1.93. The van der Waals surface area contributed by atoms with Gasteiger partial charge in [-0.25, -0.2) is 0 Å². The highest BCUT2D eigenvalue weighted by molar-refractivity contribution is 5.63. The van der Waals surface area contributed by atoms with Crippen molar-refractivity contribution in [3.05, 3.63) is 77.9 Å². The summed E-state index contributed by atoms with van der Waals surface area (Å²) in [6, 6.07) is 17.1. The van der Waals surface area contributed by atoms with E-state index in [1.807, 2.05) is 31.2 Å². The van der Waals surface area contributed by atoms with E-state index in [9.17, 15) is 0 Å². The number of para-hydroxylation sites is 1. The fourth-order valence-corrected chi connectivity index (χ4v) is 3.11. The second-order valence-electron chi connectivity index (χ2n) is 9.42. The molecule has 0 N–H and O–H groups in total. The predicted octanol–water partition coefficient (Wildman–Crippen LogP) is 7.92. The zero-order valence-corrected chi connectivity index (χ0v) is 18.5. The van der Waals surface area contributed by atoms with Gasteiger partial charge in [-0.05, 0) is 53.4 Å². The maximum Gasteiger partial charge on any atom is 0.126 e. The van der Waals surface area contributed by atoms with Crippen LogP contribution < -0.4 is 4.74 Å². The van der Waals surface area contributed by atoms with Crippen molar-refractivity contribution >= 4 is 11.6 Å². The molecule has 0 heterocycles. The molecule has 0 aliphatic carbocycles. The van der Waals surface area contributed by atoms with Gasteiger partial charge in [-0.2, -0.15) is 0 Å². The summed E-state index contributed by atoms with van der Waals surface area (Å²) in [5.74, 6) is 0.949. The number of ether oxygens (including phenoxy) is 1. The zero-order chi connectivity index (χ0) is 20.8. The normalized spacial score (nSPS) is 12.4. The van der Waals surface area contributed by atoms with Crippen LogP contribution in [0.2, 0.25) is 0 Å². The zero-order valence-electron chi connectivity index (χ0n) is 18.5. The highest BCUT2D eigenvalue weighted by atomic mass is 16.5. The van der Waals surface area contributed by atoms with Gasteiger partial charge in [-0.15, -0.1) is 0 Å². The number of hydrogen-bond acceptors (Lipinski definition) is 1. The van der Waals surface area contributed by atoms with Crippen molar-refractivity contribution in [1.82, 2.24) is 0 Å². The Labute approximate surface area is 172 Å². The smallest absolute Gasteiger partial charge is 0.126 e. The molecular weight excluding hydrogens is 340 g/mol. The minimum absolute atomic E-state index is 0.0807. The second-order valence-corrected chi connectivity index (χ2v) is 9.42. The van der Waals surface area contributed by atoms with Crippen molar-refractivity contribution in [2.24, 2.45) is 5.41 Å². The summed E-state index contributed by atoms with van der Waals surface area (Å²) < 4.78 is 6.16. The van der Waals surface area contributed by atoms with Crippen LogP contribution in [-0.2, 0) is 5.41 Å². The van der Waals surface area contributed by atoms with E-state index in [0.29, 0.717) is 6.61 Å². The topological polar surface area (TPSA) is 9.23 Å². The first-order valence-electron chi connectivity index (χ1n) is 10.3. The molecule has 0 radical (unpaired) electrons. The second kappa shape index (κ2) is 9.28. The summed E-state index contributed by atoms with van der Waals surface area (Å²) in [6.45, 7) is 18.3. The first-order chi connectivity index (χ1) is 13.1. The fraction of sp³-hybridized carbons (Fsp3) is 0.407. The molecule has 1 heteroatoms. The Bertz CT molecular complexity index is 801. The van der Waals surface area contributed by atoms with Gasteiger partial charge in [0.15, 0.2) is 0 Å². The standard InChI is InChI=1S/C27H36O/c1-8-11-23-12-9-10-13-25(23)28-20-27(6,7)19-18-21(2)22-14-16-24(17-15-22)26(3,4)5/h8-17H,2,18-20H2,1,3-7H3/b11-8+. The largest absolute Gasteiger partial charge is 0.492 e. The minimum Gasteiger partial charge on any atom is -0.492 e. The SMILES string of the molecule is C=C(CCC(C)(C)COc1ccccc1/C=C/C)c1ccc(C(C)(C)C)cc1. The average molecular weight is 377 g/mol. The first kappa shape index (κ1) is 22.0. The highest BCUT2D eigenvalue weighted by Gasteiger charge is 2.20. The molecule has 0 aliphatic rings. The van der Waals surface area contributed by atoms with Crippen LogP contribution in [-0.4, -0.2) is 6.61 Å². The maximum absolute atomic E-state index is 6.16. The average Bonchev–Trinajstić information content (AvgIpc) is 2.65. The summed E-state index contributed by atoms with van der Waals surface area (Å²) in [5.41, 5.74) is 5.19. The third-order valence-electron chi connectivity index (χ3n) is 5.15. The first-order valence-corrected chi connectivity index (χ1v) is 10.3. The minimum atomic E-state index is 0.0807. The summed E-state index contributed by atoms with van der Waals surface area (Å²) in [6.07, 6.45) is 6.15. The number of hydrogen-bond donors (Lipinski definition) is 0. The van der Waals surface area contributed by atoms with Gasteiger partial charge in [-0.1, -0.05) is 95.8 Å². The van der Waals surface area contributed by atoms with Gasteiger partial charge in [0.2, 0.25) is 0 Å². The van der Waals surface area contributed by atoms with E-state index >= 15 is 0 Å². The molecule has 2 aromatic carbocycles. The molecule has 150 valence electrons. The van der Waals surface area contributed by atoms with Crippen molar-refractivity contribution < 1.29 is 4.74 Å². The van der Waals surface area contributed by atoms with Crippen molar-refractivity contribution in [3.8, 4) is 5.75 Å². The van der Waals surface area contributed by atoms with Gasteiger partial charge in [0, 0.05) is 5.56 Å². The fourth-order valence-electron chi connectivity index (χ4n) is 3.11. The van der Waals surface area contributed by atoms with Gasteiger partial charge in [0.05, 0.1) is 6.61 Å². The molecular formula is C27H36O. The van der Waals surface area contributed by atoms with E-state index in [1.54, 1.807) is 0 Å². The van der Waals surface area contributed by atoms with Gasteiger partial charge < -0.3 is 4.74 Å². The molecule has 0 saturated carbocycles. The maximum atomic E-state index is 6.16. The van der Waals surface area contributed by atoms with Crippen LogP contribution in [0.3, 0.4) is 0 Å². The van der Waals surface area contributed by atoms with E-state index in [0.717, 1.165) is 24.2 Å². The van der Waals surface area contributed by atoms with Crippen LogP contribution in [0.1, 0.15) is 71.1 Å². The Morgan fingerprint density at radius 1 is 0.964 bits per heavy atom. The summed E-state index contributed by atoms with van der Waals surface area (Å²) >= 11 is 0. The van der Waals surface area contributed by atoms with E-state index < -0.39 is 0 Å². The molecule has 2 aromatic rings. The molecule has 0 unspecified atom stereocenters.